The minimum absolute atomic E-state index is 0.0668. The summed E-state index contributed by atoms with van der Waals surface area (Å²) < 4.78 is 0. The molecule has 23 heavy (non-hydrogen) atoms. The van der Waals surface area contributed by atoms with Gasteiger partial charge in [0.1, 0.15) is 5.56 Å². The third-order valence-electron chi connectivity index (χ3n) is 3.75. The van der Waals surface area contributed by atoms with Crippen molar-refractivity contribution in [3.05, 3.63) is 75.3 Å². The van der Waals surface area contributed by atoms with Gasteiger partial charge in [0.05, 0.1) is 4.92 Å². The second-order valence-electron chi connectivity index (χ2n) is 5.63. The SMILES string of the molecule is Cc1cccc(C(=O)NC(C)CCc2ccccc2)c1[N+](=O)[O-]. The maximum absolute atomic E-state index is 12.3. The molecule has 2 rings (SSSR count). The van der Waals surface area contributed by atoms with Gasteiger partial charge in [0.25, 0.3) is 11.6 Å². The molecule has 2 aromatic rings. The summed E-state index contributed by atoms with van der Waals surface area (Å²) in [6.45, 7) is 3.54. The number of para-hydroxylation sites is 1. The molecule has 0 saturated heterocycles. The Kier molecular flexibility index (Phi) is 5.46. The summed E-state index contributed by atoms with van der Waals surface area (Å²) in [6, 6.07) is 14.7. The number of nitro benzene ring substituents is 1. The van der Waals surface area contributed by atoms with E-state index in [0.29, 0.717) is 5.56 Å². The lowest BCUT2D eigenvalue weighted by Gasteiger charge is -2.14. The van der Waals surface area contributed by atoms with E-state index in [1.54, 1.807) is 19.1 Å². The van der Waals surface area contributed by atoms with Crippen molar-refractivity contribution in [2.24, 2.45) is 0 Å². The highest BCUT2D eigenvalue weighted by Crippen LogP contribution is 2.23. The number of rotatable bonds is 6. The van der Waals surface area contributed by atoms with Gasteiger partial charge in [-0.1, -0.05) is 42.5 Å². The van der Waals surface area contributed by atoms with Crippen molar-refractivity contribution < 1.29 is 9.72 Å². The highest BCUT2D eigenvalue weighted by Gasteiger charge is 2.23. The van der Waals surface area contributed by atoms with Gasteiger partial charge >= 0.3 is 0 Å². The number of hydrogen-bond acceptors (Lipinski definition) is 3. The van der Waals surface area contributed by atoms with Crippen LogP contribution >= 0.6 is 0 Å². The van der Waals surface area contributed by atoms with Gasteiger partial charge in [-0.25, -0.2) is 0 Å². The fraction of sp³-hybridized carbons (Fsp3) is 0.278. The number of benzene rings is 2. The van der Waals surface area contributed by atoms with E-state index in [9.17, 15) is 14.9 Å². The minimum Gasteiger partial charge on any atom is -0.349 e. The highest BCUT2D eigenvalue weighted by molar-refractivity contribution is 5.98. The molecule has 0 radical (unpaired) electrons. The number of carbonyl (C=O) groups excluding carboxylic acids is 1. The van der Waals surface area contributed by atoms with Crippen molar-refractivity contribution >= 4 is 11.6 Å². The molecule has 0 aromatic heterocycles. The maximum Gasteiger partial charge on any atom is 0.285 e. The second kappa shape index (κ2) is 7.54. The van der Waals surface area contributed by atoms with E-state index in [-0.39, 0.29) is 17.3 Å². The van der Waals surface area contributed by atoms with Crippen LogP contribution in [0.25, 0.3) is 0 Å². The molecule has 1 N–H and O–H groups in total. The molecule has 0 bridgehead atoms. The summed E-state index contributed by atoms with van der Waals surface area (Å²) in [5.41, 5.74) is 1.68. The molecule has 5 nitrogen and oxygen atoms in total. The quantitative estimate of drug-likeness (QED) is 0.653. The van der Waals surface area contributed by atoms with Crippen LogP contribution in [0.1, 0.15) is 34.8 Å². The average Bonchev–Trinajstić information content (AvgIpc) is 2.53. The topological polar surface area (TPSA) is 72.2 Å². The molecule has 0 fully saturated rings. The molecule has 0 heterocycles. The summed E-state index contributed by atoms with van der Waals surface area (Å²) in [6.07, 6.45) is 1.62. The predicted octanol–water partition coefficient (Wildman–Crippen LogP) is 3.65. The van der Waals surface area contributed by atoms with Gasteiger partial charge in [-0.3, -0.25) is 14.9 Å². The molecule has 120 valence electrons. The molecule has 0 saturated carbocycles. The van der Waals surface area contributed by atoms with Crippen LogP contribution in [0.15, 0.2) is 48.5 Å². The zero-order valence-corrected chi connectivity index (χ0v) is 13.3. The summed E-state index contributed by atoms with van der Waals surface area (Å²) in [7, 11) is 0. The predicted molar refractivity (Wildman–Crippen MR) is 89.5 cm³/mol. The van der Waals surface area contributed by atoms with E-state index >= 15 is 0 Å². The normalized spacial score (nSPS) is 11.7. The lowest BCUT2D eigenvalue weighted by molar-refractivity contribution is -0.385. The number of hydrogen-bond donors (Lipinski definition) is 1. The van der Waals surface area contributed by atoms with Crippen LogP contribution in [0, 0.1) is 17.0 Å². The number of carbonyl (C=O) groups is 1. The molecule has 1 unspecified atom stereocenters. The number of amides is 1. The number of aryl methyl sites for hydroxylation is 2. The summed E-state index contributed by atoms with van der Waals surface area (Å²) >= 11 is 0. The van der Waals surface area contributed by atoms with Crippen molar-refractivity contribution in [1.29, 1.82) is 0 Å². The summed E-state index contributed by atoms with van der Waals surface area (Å²) in [5, 5.41) is 14.0. The summed E-state index contributed by atoms with van der Waals surface area (Å²) in [4.78, 5) is 23.0. The van der Waals surface area contributed by atoms with Gasteiger partial charge in [0.15, 0.2) is 0 Å². The first kappa shape index (κ1) is 16.7. The molecule has 1 amide bonds. The first-order valence-electron chi connectivity index (χ1n) is 7.58. The fourth-order valence-corrected chi connectivity index (χ4v) is 2.49. The van der Waals surface area contributed by atoms with E-state index in [2.05, 4.69) is 5.32 Å². The lowest BCUT2D eigenvalue weighted by atomic mass is 10.0. The fourth-order valence-electron chi connectivity index (χ4n) is 2.49. The van der Waals surface area contributed by atoms with Crippen molar-refractivity contribution in [2.45, 2.75) is 32.7 Å². The Morgan fingerprint density at radius 3 is 2.52 bits per heavy atom. The Morgan fingerprint density at radius 1 is 1.17 bits per heavy atom. The van der Waals surface area contributed by atoms with Crippen LogP contribution in [0.3, 0.4) is 0 Å². The molecular weight excluding hydrogens is 292 g/mol. The number of nitrogens with zero attached hydrogens (tertiary/aromatic N) is 1. The molecule has 0 aliphatic carbocycles. The zero-order valence-electron chi connectivity index (χ0n) is 13.3. The van der Waals surface area contributed by atoms with Crippen molar-refractivity contribution in [3.63, 3.8) is 0 Å². The highest BCUT2D eigenvalue weighted by atomic mass is 16.6. The molecule has 1 atom stereocenters. The summed E-state index contributed by atoms with van der Waals surface area (Å²) in [5.74, 6) is -0.402. The molecule has 0 aliphatic rings. The van der Waals surface area contributed by atoms with Crippen molar-refractivity contribution in [3.8, 4) is 0 Å². The largest absolute Gasteiger partial charge is 0.349 e. The van der Waals surface area contributed by atoms with Crippen LogP contribution in [-0.4, -0.2) is 16.9 Å². The third-order valence-corrected chi connectivity index (χ3v) is 3.75. The van der Waals surface area contributed by atoms with Gasteiger partial charge in [0, 0.05) is 11.6 Å². The van der Waals surface area contributed by atoms with E-state index in [1.165, 1.54) is 11.6 Å². The third kappa shape index (κ3) is 4.39. The van der Waals surface area contributed by atoms with E-state index in [0.717, 1.165) is 12.8 Å². The Morgan fingerprint density at radius 2 is 1.87 bits per heavy atom. The Balaban J connectivity index is 2.02. The van der Waals surface area contributed by atoms with E-state index in [4.69, 9.17) is 0 Å². The number of nitrogens with one attached hydrogen (secondary N) is 1. The van der Waals surface area contributed by atoms with Gasteiger partial charge in [-0.2, -0.15) is 0 Å². The molecule has 0 aliphatic heterocycles. The van der Waals surface area contributed by atoms with Crippen LogP contribution < -0.4 is 5.32 Å². The average molecular weight is 312 g/mol. The lowest BCUT2D eigenvalue weighted by Crippen LogP contribution is -2.33. The zero-order chi connectivity index (χ0) is 16.8. The number of nitro groups is 1. The second-order valence-corrected chi connectivity index (χ2v) is 5.63. The van der Waals surface area contributed by atoms with Gasteiger partial charge in [-0.05, 0) is 38.3 Å². The molecule has 2 aromatic carbocycles. The van der Waals surface area contributed by atoms with Crippen LogP contribution in [0.2, 0.25) is 0 Å². The Labute approximate surface area is 135 Å². The maximum atomic E-state index is 12.3. The minimum atomic E-state index is -0.501. The standard InChI is InChI=1S/C18H20N2O3/c1-13-7-6-10-16(17(13)20(22)23)18(21)19-14(2)11-12-15-8-4-3-5-9-15/h3-10,14H,11-12H2,1-2H3,(H,19,21). The van der Waals surface area contributed by atoms with E-state index in [1.807, 2.05) is 37.3 Å². The monoisotopic (exact) mass is 312 g/mol. The first-order valence-corrected chi connectivity index (χ1v) is 7.58. The van der Waals surface area contributed by atoms with Crippen LogP contribution in [0.4, 0.5) is 5.69 Å². The van der Waals surface area contributed by atoms with Crippen molar-refractivity contribution in [1.82, 2.24) is 5.32 Å². The molecular formula is C18H20N2O3. The molecule has 5 heteroatoms. The molecule has 0 spiro atoms. The Bertz CT molecular complexity index is 699. The van der Waals surface area contributed by atoms with Crippen LogP contribution in [-0.2, 0) is 6.42 Å². The Hall–Kier alpha value is -2.69. The smallest absolute Gasteiger partial charge is 0.285 e. The van der Waals surface area contributed by atoms with Crippen LogP contribution in [0.5, 0.6) is 0 Å². The van der Waals surface area contributed by atoms with E-state index < -0.39 is 10.8 Å². The van der Waals surface area contributed by atoms with Gasteiger partial charge in [-0.15, -0.1) is 0 Å². The van der Waals surface area contributed by atoms with Gasteiger partial charge < -0.3 is 5.32 Å². The first-order chi connectivity index (χ1) is 11.0. The van der Waals surface area contributed by atoms with Crippen molar-refractivity contribution in [2.75, 3.05) is 0 Å². The van der Waals surface area contributed by atoms with Gasteiger partial charge in [0.2, 0.25) is 0 Å².